The predicted molar refractivity (Wildman–Crippen MR) is 175 cm³/mol. The molecule has 3 rings (SSSR count). The highest BCUT2D eigenvalue weighted by molar-refractivity contribution is 7.13. The SMILES string of the molecule is Cc1ncsc1-c1ccc(C(C)NC(=O)[C@@H]2C[C@@H](O)CN2C(=O)C(NC(=O)CCCCCC(=O)OC(C)(C)C)C(C)(C)C)cc1. The van der Waals surface area contributed by atoms with Crippen molar-refractivity contribution < 1.29 is 29.0 Å². The molecule has 11 heteroatoms. The van der Waals surface area contributed by atoms with Crippen LogP contribution < -0.4 is 10.6 Å². The molecule has 0 spiro atoms. The van der Waals surface area contributed by atoms with Crippen LogP contribution in [0.5, 0.6) is 0 Å². The van der Waals surface area contributed by atoms with Gasteiger partial charge in [-0.05, 0) is 64.0 Å². The van der Waals surface area contributed by atoms with Gasteiger partial charge in [-0.15, -0.1) is 11.3 Å². The Kier molecular flexibility index (Phi) is 12.3. The number of carbonyl (C=O) groups excluding carboxylic acids is 4. The number of aromatic nitrogens is 1. The average molecular weight is 643 g/mol. The standard InChI is InChI=1S/C34H50N4O6S/c1-21(23-14-16-24(17-15-23)29-22(2)35-20-45-29)36-31(42)26-18-25(39)19-38(26)32(43)30(33(3,4)5)37-27(40)12-10-9-11-13-28(41)44-34(6,7)8/h14-17,20-21,25-26,30,39H,9-13,18-19H2,1-8H3,(H,36,42)(H,37,40)/t21?,25-,26+,30?/m1/s1. The summed E-state index contributed by atoms with van der Waals surface area (Å²) in [4.78, 5) is 58.9. The van der Waals surface area contributed by atoms with Crippen molar-refractivity contribution in [2.24, 2.45) is 5.41 Å². The highest BCUT2D eigenvalue weighted by Gasteiger charge is 2.44. The fourth-order valence-electron chi connectivity index (χ4n) is 5.37. The van der Waals surface area contributed by atoms with Crippen LogP contribution in [0.4, 0.5) is 0 Å². The summed E-state index contributed by atoms with van der Waals surface area (Å²) in [6.07, 6.45) is 1.63. The van der Waals surface area contributed by atoms with Gasteiger partial charge in [0, 0.05) is 25.8 Å². The number of hydrogen-bond donors (Lipinski definition) is 3. The first-order valence-electron chi connectivity index (χ1n) is 15.8. The third-order valence-corrected chi connectivity index (χ3v) is 8.74. The largest absolute Gasteiger partial charge is 0.460 e. The van der Waals surface area contributed by atoms with Gasteiger partial charge in [-0.3, -0.25) is 19.2 Å². The zero-order valence-electron chi connectivity index (χ0n) is 27.9. The molecule has 2 aromatic rings. The van der Waals surface area contributed by atoms with Crippen molar-refractivity contribution in [1.82, 2.24) is 20.5 Å². The fourth-order valence-corrected chi connectivity index (χ4v) is 6.18. The minimum absolute atomic E-state index is 0.0152. The molecule has 1 aromatic carbocycles. The fraction of sp³-hybridized carbons (Fsp3) is 0.618. The maximum Gasteiger partial charge on any atom is 0.306 e. The van der Waals surface area contributed by atoms with Gasteiger partial charge in [0.2, 0.25) is 17.7 Å². The number of nitrogens with zero attached hydrogens (tertiary/aromatic N) is 2. The zero-order chi connectivity index (χ0) is 33.5. The topological polar surface area (TPSA) is 138 Å². The summed E-state index contributed by atoms with van der Waals surface area (Å²) >= 11 is 1.58. The normalized spacial score (nSPS) is 18.3. The van der Waals surface area contributed by atoms with Gasteiger partial charge in [0.05, 0.1) is 28.2 Å². The summed E-state index contributed by atoms with van der Waals surface area (Å²) in [5.41, 5.74) is 3.60. The number of β-amino-alcohol motifs (C(OH)–C–C–N with tert-alkyl or cyclic N) is 1. The molecular formula is C34H50N4O6S. The maximum atomic E-state index is 13.9. The second-order valence-electron chi connectivity index (χ2n) is 14.0. The Bertz CT molecular complexity index is 1330. The third-order valence-electron chi connectivity index (χ3n) is 7.76. The molecule has 0 radical (unpaired) electrons. The predicted octanol–water partition coefficient (Wildman–Crippen LogP) is 5.08. The van der Waals surface area contributed by atoms with Gasteiger partial charge < -0.3 is 25.4 Å². The van der Waals surface area contributed by atoms with E-state index in [0.717, 1.165) is 21.7 Å². The van der Waals surface area contributed by atoms with Crippen molar-refractivity contribution in [3.63, 3.8) is 0 Å². The molecule has 2 unspecified atom stereocenters. The Morgan fingerprint density at radius 3 is 2.24 bits per heavy atom. The van der Waals surface area contributed by atoms with Crippen LogP contribution in [0.1, 0.15) is 104 Å². The van der Waals surface area contributed by atoms with E-state index >= 15 is 0 Å². The number of aliphatic hydroxyl groups is 1. The van der Waals surface area contributed by atoms with E-state index in [1.54, 1.807) is 11.3 Å². The molecule has 248 valence electrons. The number of likely N-dealkylation sites (tertiary alicyclic amines) is 1. The Morgan fingerprint density at radius 2 is 1.67 bits per heavy atom. The number of nitrogens with one attached hydrogen (secondary N) is 2. The van der Waals surface area contributed by atoms with Crippen molar-refractivity contribution in [1.29, 1.82) is 0 Å². The highest BCUT2D eigenvalue weighted by Crippen LogP contribution is 2.29. The van der Waals surface area contributed by atoms with Crippen LogP contribution in [-0.2, 0) is 23.9 Å². The summed E-state index contributed by atoms with van der Waals surface area (Å²) < 4.78 is 5.32. The smallest absolute Gasteiger partial charge is 0.306 e. The Balaban J connectivity index is 1.58. The summed E-state index contributed by atoms with van der Waals surface area (Å²) in [6, 6.07) is 5.88. The lowest BCUT2D eigenvalue weighted by Gasteiger charge is -2.35. The molecule has 1 fully saturated rings. The monoisotopic (exact) mass is 642 g/mol. The molecule has 0 bridgehead atoms. The average Bonchev–Trinajstić information content (AvgIpc) is 3.55. The molecule has 2 heterocycles. The quantitative estimate of drug-likeness (QED) is 0.217. The number of amides is 3. The number of rotatable bonds is 12. The van der Waals surface area contributed by atoms with Gasteiger partial charge in [0.25, 0.3) is 0 Å². The van der Waals surface area contributed by atoms with Crippen molar-refractivity contribution >= 4 is 35.0 Å². The summed E-state index contributed by atoms with van der Waals surface area (Å²) in [5.74, 6) is -1.27. The Morgan fingerprint density at radius 1 is 1.02 bits per heavy atom. The molecule has 1 saturated heterocycles. The van der Waals surface area contributed by atoms with Crippen molar-refractivity contribution in [2.75, 3.05) is 6.54 Å². The number of hydrogen-bond acceptors (Lipinski definition) is 8. The van der Waals surface area contributed by atoms with Gasteiger partial charge in [0.15, 0.2) is 0 Å². The van der Waals surface area contributed by atoms with Crippen LogP contribution in [0.15, 0.2) is 29.8 Å². The van der Waals surface area contributed by atoms with Gasteiger partial charge in [-0.1, -0.05) is 51.5 Å². The second kappa shape index (κ2) is 15.3. The summed E-state index contributed by atoms with van der Waals surface area (Å²) in [6.45, 7) is 14.9. The van der Waals surface area contributed by atoms with Gasteiger partial charge >= 0.3 is 5.97 Å². The maximum absolute atomic E-state index is 13.9. The molecule has 3 amide bonds. The van der Waals surface area contributed by atoms with Gasteiger partial charge in [0.1, 0.15) is 17.7 Å². The van der Waals surface area contributed by atoms with Crippen LogP contribution in [0, 0.1) is 12.3 Å². The molecular weight excluding hydrogens is 592 g/mol. The number of unbranched alkanes of at least 4 members (excludes halogenated alkanes) is 2. The first-order chi connectivity index (χ1) is 21.0. The molecule has 0 saturated carbocycles. The van der Waals surface area contributed by atoms with E-state index in [-0.39, 0.29) is 43.2 Å². The third kappa shape index (κ3) is 10.6. The molecule has 1 aliphatic rings. The minimum atomic E-state index is -0.882. The zero-order valence-corrected chi connectivity index (χ0v) is 28.8. The number of benzene rings is 1. The molecule has 3 N–H and O–H groups in total. The lowest BCUT2D eigenvalue weighted by Crippen LogP contribution is -2.57. The van der Waals surface area contributed by atoms with Crippen LogP contribution in [0.25, 0.3) is 10.4 Å². The Hall–Kier alpha value is -3.31. The molecule has 0 aliphatic carbocycles. The van der Waals surface area contributed by atoms with Gasteiger partial charge in [-0.25, -0.2) is 4.98 Å². The molecule has 4 atom stereocenters. The van der Waals surface area contributed by atoms with Crippen molar-refractivity contribution in [2.45, 2.75) is 124 Å². The number of aryl methyl sites for hydroxylation is 1. The number of ether oxygens (including phenoxy) is 1. The molecule has 10 nitrogen and oxygen atoms in total. The van der Waals surface area contributed by atoms with Crippen LogP contribution in [0.2, 0.25) is 0 Å². The first-order valence-corrected chi connectivity index (χ1v) is 16.6. The summed E-state index contributed by atoms with van der Waals surface area (Å²) in [7, 11) is 0. The highest BCUT2D eigenvalue weighted by atomic mass is 32.1. The van der Waals surface area contributed by atoms with Crippen LogP contribution >= 0.6 is 11.3 Å². The van der Waals surface area contributed by atoms with E-state index in [9.17, 15) is 24.3 Å². The first kappa shape index (κ1) is 36.2. The van der Waals surface area contributed by atoms with Gasteiger partial charge in [-0.2, -0.15) is 0 Å². The second-order valence-corrected chi connectivity index (χ2v) is 14.9. The molecule has 1 aromatic heterocycles. The van der Waals surface area contributed by atoms with E-state index in [2.05, 4.69) is 15.6 Å². The lowest BCUT2D eigenvalue weighted by molar-refractivity contribution is -0.155. The van der Waals surface area contributed by atoms with Crippen LogP contribution in [-0.4, -0.2) is 69.0 Å². The number of thiazole rings is 1. The number of aliphatic hydroxyl groups excluding tert-OH is 1. The lowest BCUT2D eigenvalue weighted by atomic mass is 9.85. The van der Waals surface area contributed by atoms with Crippen molar-refractivity contribution in [3.8, 4) is 10.4 Å². The number of esters is 1. The van der Waals surface area contributed by atoms with E-state index in [1.807, 2.05) is 85.2 Å². The minimum Gasteiger partial charge on any atom is -0.460 e. The summed E-state index contributed by atoms with van der Waals surface area (Å²) in [5, 5.41) is 16.4. The van der Waals surface area contributed by atoms with Crippen LogP contribution in [0.3, 0.4) is 0 Å². The molecule has 45 heavy (non-hydrogen) atoms. The van der Waals surface area contributed by atoms with Crippen molar-refractivity contribution in [3.05, 3.63) is 41.0 Å². The van der Waals surface area contributed by atoms with E-state index in [1.165, 1.54) is 4.90 Å². The van der Waals surface area contributed by atoms with E-state index in [4.69, 9.17) is 4.74 Å². The number of carbonyl (C=O) groups is 4. The molecule has 1 aliphatic heterocycles. The van der Waals surface area contributed by atoms with E-state index < -0.39 is 35.1 Å². The van der Waals surface area contributed by atoms with E-state index in [0.29, 0.717) is 25.7 Å². The Labute approximate surface area is 271 Å².